The molecular weight excluding hydrogens is 184 g/mol. The van der Waals surface area contributed by atoms with Crippen LogP contribution in [0.2, 0.25) is 0 Å². The molecule has 1 aromatic rings. The van der Waals surface area contributed by atoms with Gasteiger partial charge < -0.3 is 4.42 Å². The van der Waals surface area contributed by atoms with E-state index in [0.29, 0.717) is 11.8 Å². The molecule has 15 heavy (non-hydrogen) atoms. The monoisotopic (exact) mass is 208 g/mol. The van der Waals surface area contributed by atoms with E-state index in [1.165, 1.54) is 0 Å². The van der Waals surface area contributed by atoms with Gasteiger partial charge in [0.05, 0.1) is 0 Å². The Morgan fingerprint density at radius 1 is 1.20 bits per heavy atom. The topological polar surface area (TPSA) is 13.1 Å². The standard InChI is InChI=1S/C14H24O/c1-7-11-8-9-12(15-11)13(10(2)3)14(4,5)6/h8-10,13H,7H2,1-6H3. The highest BCUT2D eigenvalue weighted by Gasteiger charge is 2.31. The number of hydrogen-bond acceptors (Lipinski definition) is 1. The quantitative estimate of drug-likeness (QED) is 0.706. The van der Waals surface area contributed by atoms with Crippen molar-refractivity contribution in [2.45, 2.75) is 53.9 Å². The molecule has 1 heterocycles. The number of rotatable bonds is 3. The smallest absolute Gasteiger partial charge is 0.108 e. The Hall–Kier alpha value is -0.720. The number of furan rings is 1. The largest absolute Gasteiger partial charge is 0.466 e. The fraction of sp³-hybridized carbons (Fsp3) is 0.714. The van der Waals surface area contributed by atoms with E-state index in [1.54, 1.807) is 0 Å². The van der Waals surface area contributed by atoms with E-state index in [1.807, 2.05) is 0 Å². The molecule has 1 aromatic heterocycles. The molecule has 0 fully saturated rings. The van der Waals surface area contributed by atoms with Crippen LogP contribution in [-0.2, 0) is 6.42 Å². The molecule has 0 radical (unpaired) electrons. The normalized spacial score (nSPS) is 14.6. The first kappa shape index (κ1) is 12.4. The van der Waals surface area contributed by atoms with Crippen LogP contribution in [0.15, 0.2) is 16.5 Å². The molecule has 0 N–H and O–H groups in total. The van der Waals surface area contributed by atoms with Gasteiger partial charge in [0.15, 0.2) is 0 Å². The predicted octanol–water partition coefficient (Wildman–Crippen LogP) is 4.63. The molecule has 0 saturated heterocycles. The van der Waals surface area contributed by atoms with Gasteiger partial charge in [-0.15, -0.1) is 0 Å². The van der Waals surface area contributed by atoms with Crippen molar-refractivity contribution in [1.82, 2.24) is 0 Å². The summed E-state index contributed by atoms with van der Waals surface area (Å²) in [6.07, 6.45) is 0.981. The van der Waals surface area contributed by atoms with Crippen LogP contribution in [0.25, 0.3) is 0 Å². The van der Waals surface area contributed by atoms with Gasteiger partial charge in [-0.3, -0.25) is 0 Å². The van der Waals surface area contributed by atoms with Crippen molar-refractivity contribution in [3.05, 3.63) is 23.7 Å². The molecule has 0 spiro atoms. The molecule has 1 atom stereocenters. The van der Waals surface area contributed by atoms with Gasteiger partial charge in [-0.1, -0.05) is 41.5 Å². The SMILES string of the molecule is CCc1ccc(C(C(C)C)C(C)(C)C)o1. The summed E-state index contributed by atoms with van der Waals surface area (Å²) in [6.45, 7) is 13.5. The maximum absolute atomic E-state index is 5.88. The molecule has 0 aliphatic heterocycles. The van der Waals surface area contributed by atoms with E-state index in [4.69, 9.17) is 4.42 Å². The molecule has 1 heteroatoms. The zero-order chi connectivity index (χ0) is 11.6. The van der Waals surface area contributed by atoms with Crippen molar-refractivity contribution >= 4 is 0 Å². The first-order valence-corrected chi connectivity index (χ1v) is 5.94. The Morgan fingerprint density at radius 2 is 1.80 bits per heavy atom. The Labute approximate surface area is 93.9 Å². The van der Waals surface area contributed by atoms with E-state index in [0.717, 1.165) is 17.9 Å². The molecule has 1 rings (SSSR count). The van der Waals surface area contributed by atoms with Crippen molar-refractivity contribution < 1.29 is 4.42 Å². The molecule has 0 aromatic carbocycles. The van der Waals surface area contributed by atoms with Gasteiger partial charge in [0, 0.05) is 12.3 Å². The number of aryl methyl sites for hydroxylation is 1. The molecule has 0 aliphatic carbocycles. The molecule has 86 valence electrons. The summed E-state index contributed by atoms with van der Waals surface area (Å²) in [6, 6.07) is 4.26. The summed E-state index contributed by atoms with van der Waals surface area (Å²) in [5.74, 6) is 3.35. The van der Waals surface area contributed by atoms with Gasteiger partial charge in [-0.2, -0.15) is 0 Å². The highest BCUT2D eigenvalue weighted by molar-refractivity contribution is 5.14. The van der Waals surface area contributed by atoms with E-state index in [9.17, 15) is 0 Å². The Morgan fingerprint density at radius 3 is 2.13 bits per heavy atom. The summed E-state index contributed by atoms with van der Waals surface area (Å²) in [5, 5.41) is 0. The lowest BCUT2D eigenvalue weighted by atomic mass is 9.73. The van der Waals surface area contributed by atoms with Crippen LogP contribution in [0.3, 0.4) is 0 Å². The molecule has 0 saturated carbocycles. The highest BCUT2D eigenvalue weighted by Crippen LogP contribution is 2.41. The second kappa shape index (κ2) is 4.42. The summed E-state index contributed by atoms with van der Waals surface area (Å²) in [5.41, 5.74) is 0.261. The Balaban J connectivity index is 2.99. The van der Waals surface area contributed by atoms with Crippen LogP contribution in [0.1, 0.15) is 59.0 Å². The van der Waals surface area contributed by atoms with Gasteiger partial charge in [0.2, 0.25) is 0 Å². The third-order valence-corrected chi connectivity index (χ3v) is 2.94. The Kier molecular flexibility index (Phi) is 3.64. The molecule has 0 aliphatic rings. The van der Waals surface area contributed by atoms with Crippen LogP contribution < -0.4 is 0 Å². The third-order valence-electron chi connectivity index (χ3n) is 2.94. The predicted molar refractivity (Wildman–Crippen MR) is 65.1 cm³/mol. The highest BCUT2D eigenvalue weighted by atomic mass is 16.3. The zero-order valence-corrected chi connectivity index (χ0v) is 10.9. The minimum absolute atomic E-state index is 0.261. The van der Waals surface area contributed by atoms with Crippen molar-refractivity contribution in [2.24, 2.45) is 11.3 Å². The fourth-order valence-corrected chi connectivity index (χ4v) is 2.51. The fourth-order valence-electron chi connectivity index (χ4n) is 2.51. The van der Waals surface area contributed by atoms with Crippen molar-refractivity contribution in [2.75, 3.05) is 0 Å². The lowest BCUT2D eigenvalue weighted by Gasteiger charge is -2.32. The molecule has 0 bridgehead atoms. The van der Waals surface area contributed by atoms with Crippen LogP contribution in [-0.4, -0.2) is 0 Å². The van der Waals surface area contributed by atoms with Gasteiger partial charge in [0.25, 0.3) is 0 Å². The maximum atomic E-state index is 5.88. The number of hydrogen-bond donors (Lipinski definition) is 0. The third kappa shape index (κ3) is 2.87. The van der Waals surface area contributed by atoms with Crippen molar-refractivity contribution in [3.63, 3.8) is 0 Å². The average Bonchev–Trinajstić information content (AvgIpc) is 2.49. The minimum Gasteiger partial charge on any atom is -0.466 e. The molecule has 0 amide bonds. The second-order valence-corrected chi connectivity index (χ2v) is 5.75. The minimum atomic E-state index is 0.261. The van der Waals surface area contributed by atoms with Gasteiger partial charge in [-0.25, -0.2) is 0 Å². The summed E-state index contributed by atoms with van der Waals surface area (Å²) >= 11 is 0. The molecular formula is C14H24O. The average molecular weight is 208 g/mol. The van der Waals surface area contributed by atoms with Gasteiger partial charge >= 0.3 is 0 Å². The van der Waals surface area contributed by atoms with Gasteiger partial charge in [-0.05, 0) is 23.5 Å². The first-order valence-electron chi connectivity index (χ1n) is 5.94. The summed E-state index contributed by atoms with van der Waals surface area (Å²) in [4.78, 5) is 0. The summed E-state index contributed by atoms with van der Waals surface area (Å²) < 4.78 is 5.88. The maximum Gasteiger partial charge on any atom is 0.108 e. The van der Waals surface area contributed by atoms with Gasteiger partial charge in [0.1, 0.15) is 11.5 Å². The van der Waals surface area contributed by atoms with Crippen LogP contribution in [0.4, 0.5) is 0 Å². The van der Waals surface area contributed by atoms with Crippen molar-refractivity contribution in [3.8, 4) is 0 Å². The second-order valence-electron chi connectivity index (χ2n) is 5.75. The van der Waals surface area contributed by atoms with Crippen LogP contribution in [0, 0.1) is 11.3 Å². The van der Waals surface area contributed by atoms with E-state index in [2.05, 4.69) is 53.7 Å². The van der Waals surface area contributed by atoms with E-state index >= 15 is 0 Å². The van der Waals surface area contributed by atoms with E-state index < -0.39 is 0 Å². The summed E-state index contributed by atoms with van der Waals surface area (Å²) in [7, 11) is 0. The van der Waals surface area contributed by atoms with E-state index in [-0.39, 0.29) is 5.41 Å². The Bertz CT molecular complexity index is 301. The first-order chi connectivity index (χ1) is 6.86. The molecule has 1 nitrogen and oxygen atoms in total. The zero-order valence-electron chi connectivity index (χ0n) is 10.9. The molecule has 1 unspecified atom stereocenters. The van der Waals surface area contributed by atoms with Crippen molar-refractivity contribution in [1.29, 1.82) is 0 Å². The lowest BCUT2D eigenvalue weighted by Crippen LogP contribution is -2.22. The lowest BCUT2D eigenvalue weighted by molar-refractivity contribution is 0.222. The van der Waals surface area contributed by atoms with Crippen LogP contribution in [0.5, 0.6) is 0 Å². The van der Waals surface area contributed by atoms with Crippen LogP contribution >= 0.6 is 0 Å².